The highest BCUT2D eigenvalue weighted by molar-refractivity contribution is 5.68. The van der Waals surface area contributed by atoms with Crippen LogP contribution in [0.5, 0.6) is 11.5 Å². The summed E-state index contributed by atoms with van der Waals surface area (Å²) in [6.07, 6.45) is 5.04. The van der Waals surface area contributed by atoms with E-state index < -0.39 is 5.60 Å². The van der Waals surface area contributed by atoms with Gasteiger partial charge in [0.25, 0.3) is 0 Å². The molecule has 1 aromatic carbocycles. The summed E-state index contributed by atoms with van der Waals surface area (Å²) in [5, 5.41) is 0. The van der Waals surface area contributed by atoms with E-state index in [0.29, 0.717) is 12.5 Å². The van der Waals surface area contributed by atoms with Crippen molar-refractivity contribution in [2.75, 3.05) is 26.3 Å². The molecule has 5 nitrogen and oxygen atoms in total. The quantitative estimate of drug-likeness (QED) is 0.578. The molecule has 0 spiro atoms. The van der Waals surface area contributed by atoms with E-state index in [-0.39, 0.29) is 6.09 Å². The van der Waals surface area contributed by atoms with Gasteiger partial charge in [0.15, 0.2) is 0 Å². The summed E-state index contributed by atoms with van der Waals surface area (Å²) in [5.74, 6) is 2.37. The zero-order chi connectivity index (χ0) is 19.7. The molecule has 1 aliphatic heterocycles. The highest BCUT2D eigenvalue weighted by Gasteiger charge is 2.26. The molecule has 0 unspecified atom stereocenters. The van der Waals surface area contributed by atoms with Gasteiger partial charge in [0.1, 0.15) is 17.1 Å². The van der Waals surface area contributed by atoms with Crippen molar-refractivity contribution in [3.05, 3.63) is 24.3 Å². The molecule has 0 radical (unpaired) electrons. The molecule has 0 bridgehead atoms. The normalized spacial score (nSPS) is 15.5. The molecule has 27 heavy (non-hydrogen) atoms. The molecule has 1 aliphatic rings. The largest absolute Gasteiger partial charge is 0.494 e. The Morgan fingerprint density at radius 2 is 1.59 bits per heavy atom. The topological polar surface area (TPSA) is 48.0 Å². The van der Waals surface area contributed by atoms with Crippen LogP contribution in [0.1, 0.15) is 59.8 Å². The van der Waals surface area contributed by atoms with Crippen LogP contribution in [0.3, 0.4) is 0 Å². The van der Waals surface area contributed by atoms with Gasteiger partial charge in [0.2, 0.25) is 0 Å². The van der Waals surface area contributed by atoms with Crippen LogP contribution < -0.4 is 9.47 Å². The third kappa shape index (κ3) is 8.10. The number of hydrogen-bond donors (Lipinski definition) is 0. The summed E-state index contributed by atoms with van der Waals surface area (Å²) < 4.78 is 17.0. The zero-order valence-electron chi connectivity index (χ0n) is 17.3. The third-order valence-electron chi connectivity index (χ3n) is 4.65. The number of carbonyl (C=O) groups is 1. The fourth-order valence-corrected chi connectivity index (χ4v) is 3.04. The number of amides is 1. The second kappa shape index (κ2) is 10.4. The van der Waals surface area contributed by atoms with E-state index in [2.05, 4.69) is 6.92 Å². The van der Waals surface area contributed by atoms with Gasteiger partial charge in [-0.2, -0.15) is 0 Å². The molecular formula is C22H35NO4. The van der Waals surface area contributed by atoms with Gasteiger partial charge in [-0.25, -0.2) is 4.79 Å². The number of nitrogens with zero attached hydrogens (tertiary/aromatic N) is 1. The molecule has 152 valence electrons. The Hall–Kier alpha value is -1.91. The maximum atomic E-state index is 12.1. The molecule has 0 atom stereocenters. The number of ether oxygens (including phenoxy) is 3. The van der Waals surface area contributed by atoms with Crippen molar-refractivity contribution in [2.24, 2.45) is 5.92 Å². The van der Waals surface area contributed by atoms with Crippen molar-refractivity contribution in [1.82, 2.24) is 4.90 Å². The van der Waals surface area contributed by atoms with Gasteiger partial charge >= 0.3 is 6.09 Å². The van der Waals surface area contributed by atoms with Crippen molar-refractivity contribution in [3.8, 4) is 11.5 Å². The molecule has 1 heterocycles. The second-order valence-corrected chi connectivity index (χ2v) is 8.22. The van der Waals surface area contributed by atoms with E-state index in [1.54, 1.807) is 0 Å². The van der Waals surface area contributed by atoms with E-state index in [9.17, 15) is 4.79 Å². The lowest BCUT2D eigenvalue weighted by Gasteiger charge is -2.33. The van der Waals surface area contributed by atoms with Gasteiger partial charge in [-0.05, 0) is 76.6 Å². The number of rotatable bonds is 8. The molecule has 0 aliphatic carbocycles. The van der Waals surface area contributed by atoms with Gasteiger partial charge < -0.3 is 19.1 Å². The minimum absolute atomic E-state index is 0.196. The fourth-order valence-electron chi connectivity index (χ4n) is 3.04. The average Bonchev–Trinajstić information content (AvgIpc) is 2.62. The van der Waals surface area contributed by atoms with Crippen LogP contribution in [0.15, 0.2) is 24.3 Å². The van der Waals surface area contributed by atoms with E-state index in [4.69, 9.17) is 14.2 Å². The molecule has 1 saturated heterocycles. The minimum Gasteiger partial charge on any atom is -0.494 e. The number of carbonyl (C=O) groups excluding carboxylic acids is 1. The highest BCUT2D eigenvalue weighted by Crippen LogP contribution is 2.23. The first-order valence-corrected chi connectivity index (χ1v) is 10.2. The Morgan fingerprint density at radius 3 is 2.11 bits per heavy atom. The van der Waals surface area contributed by atoms with Crippen LogP contribution in [0.4, 0.5) is 4.79 Å². The average molecular weight is 378 g/mol. The summed E-state index contributed by atoms with van der Waals surface area (Å²) in [4.78, 5) is 13.9. The first-order valence-electron chi connectivity index (χ1n) is 10.2. The molecule has 0 aromatic heterocycles. The predicted octanol–water partition coefficient (Wildman–Crippen LogP) is 5.28. The summed E-state index contributed by atoms with van der Waals surface area (Å²) in [6, 6.07) is 7.85. The zero-order valence-corrected chi connectivity index (χ0v) is 17.3. The monoisotopic (exact) mass is 377 g/mol. The molecule has 1 amide bonds. The van der Waals surface area contributed by atoms with E-state index in [1.807, 2.05) is 49.9 Å². The molecule has 5 heteroatoms. The lowest BCUT2D eigenvalue weighted by Crippen LogP contribution is -2.41. The number of benzene rings is 1. The number of unbranched alkanes of at least 4 members (excludes halogenated alkanes) is 1. The highest BCUT2D eigenvalue weighted by atomic mass is 16.6. The first-order chi connectivity index (χ1) is 12.9. The first kappa shape index (κ1) is 21.4. The fraction of sp³-hybridized carbons (Fsp3) is 0.682. The number of piperidine rings is 1. The Morgan fingerprint density at radius 1 is 1.04 bits per heavy atom. The minimum atomic E-state index is -0.432. The summed E-state index contributed by atoms with van der Waals surface area (Å²) >= 11 is 0. The number of likely N-dealkylation sites (tertiary alicyclic amines) is 1. The maximum absolute atomic E-state index is 12.1. The van der Waals surface area contributed by atoms with E-state index >= 15 is 0 Å². The van der Waals surface area contributed by atoms with Crippen molar-refractivity contribution < 1.29 is 19.0 Å². The van der Waals surface area contributed by atoms with Crippen LogP contribution in [-0.4, -0.2) is 42.9 Å². The molecule has 2 rings (SSSR count). The smallest absolute Gasteiger partial charge is 0.410 e. The van der Waals surface area contributed by atoms with Gasteiger partial charge in [0.05, 0.1) is 13.2 Å². The van der Waals surface area contributed by atoms with Gasteiger partial charge in [-0.3, -0.25) is 0 Å². The molecule has 0 N–H and O–H groups in total. The predicted molar refractivity (Wildman–Crippen MR) is 107 cm³/mol. The van der Waals surface area contributed by atoms with Crippen LogP contribution in [0.2, 0.25) is 0 Å². The lowest BCUT2D eigenvalue weighted by atomic mass is 9.94. The van der Waals surface area contributed by atoms with Crippen molar-refractivity contribution in [1.29, 1.82) is 0 Å². The Kier molecular flexibility index (Phi) is 8.26. The van der Waals surface area contributed by atoms with Gasteiger partial charge in [-0.1, -0.05) is 13.3 Å². The molecule has 0 saturated carbocycles. The Bertz CT molecular complexity index is 557. The van der Waals surface area contributed by atoms with Crippen molar-refractivity contribution >= 4 is 6.09 Å². The lowest BCUT2D eigenvalue weighted by molar-refractivity contribution is 0.0177. The van der Waals surface area contributed by atoms with Crippen molar-refractivity contribution in [3.63, 3.8) is 0 Å². The third-order valence-corrected chi connectivity index (χ3v) is 4.65. The van der Waals surface area contributed by atoms with E-state index in [0.717, 1.165) is 63.3 Å². The van der Waals surface area contributed by atoms with Crippen molar-refractivity contribution in [2.45, 2.75) is 65.4 Å². The van der Waals surface area contributed by atoms with Gasteiger partial charge in [0, 0.05) is 13.1 Å². The maximum Gasteiger partial charge on any atom is 0.410 e. The molecule has 1 aromatic rings. The van der Waals surface area contributed by atoms with Gasteiger partial charge in [-0.15, -0.1) is 0 Å². The SMILES string of the molecule is CCCCOc1ccc(OCCC2CCN(C(=O)OC(C)(C)C)CC2)cc1. The van der Waals surface area contributed by atoms with Crippen LogP contribution in [0.25, 0.3) is 0 Å². The van der Waals surface area contributed by atoms with E-state index in [1.165, 1.54) is 0 Å². The summed E-state index contributed by atoms with van der Waals surface area (Å²) in [6.45, 7) is 10.9. The summed E-state index contributed by atoms with van der Waals surface area (Å²) in [7, 11) is 0. The van der Waals surface area contributed by atoms with Crippen LogP contribution in [0, 0.1) is 5.92 Å². The second-order valence-electron chi connectivity index (χ2n) is 8.22. The van der Waals surface area contributed by atoms with Crippen LogP contribution in [-0.2, 0) is 4.74 Å². The number of hydrogen-bond acceptors (Lipinski definition) is 4. The molecule has 1 fully saturated rings. The van der Waals surface area contributed by atoms with Crippen LogP contribution >= 0.6 is 0 Å². The summed E-state index contributed by atoms with van der Waals surface area (Å²) in [5.41, 5.74) is -0.432. The molecular weight excluding hydrogens is 342 g/mol. The Balaban J connectivity index is 1.63. The Labute approximate surface area is 164 Å². The standard InChI is InChI=1S/C22H35NO4/c1-5-6-16-25-19-7-9-20(10-8-19)26-17-13-18-11-14-23(15-12-18)21(24)27-22(2,3)4/h7-10,18H,5-6,11-17H2,1-4H3.